The van der Waals surface area contributed by atoms with Gasteiger partial charge in [-0.15, -0.1) is 0 Å². The average Bonchev–Trinajstić information content (AvgIpc) is 2.70. The molecule has 1 aliphatic carbocycles. The van der Waals surface area contributed by atoms with Gasteiger partial charge in [0.15, 0.2) is 0 Å². The highest BCUT2D eigenvalue weighted by molar-refractivity contribution is 5.75. The molecule has 2 atom stereocenters. The Morgan fingerprint density at radius 2 is 2.13 bits per heavy atom. The van der Waals surface area contributed by atoms with Gasteiger partial charge in [-0.1, -0.05) is 19.8 Å². The second-order valence-corrected chi connectivity index (χ2v) is 4.59. The van der Waals surface area contributed by atoms with Crippen LogP contribution in [0, 0.1) is 11.8 Å². The molecule has 0 aromatic carbocycles. The molecule has 1 fully saturated rings. The summed E-state index contributed by atoms with van der Waals surface area (Å²) >= 11 is 0. The summed E-state index contributed by atoms with van der Waals surface area (Å²) in [5.41, 5.74) is 5.70. The first-order valence-corrected chi connectivity index (χ1v) is 6.24. The Bertz CT molecular complexity index is 194. The minimum Gasteiger partial charge on any atom is -0.356 e. The molecule has 2 unspecified atom stereocenters. The van der Waals surface area contributed by atoms with Gasteiger partial charge in [0.05, 0.1) is 0 Å². The van der Waals surface area contributed by atoms with Crippen molar-refractivity contribution in [3.63, 3.8) is 0 Å². The first-order valence-electron chi connectivity index (χ1n) is 6.24. The zero-order chi connectivity index (χ0) is 11.1. The Kier molecular flexibility index (Phi) is 5.69. The van der Waals surface area contributed by atoms with E-state index in [1.165, 1.54) is 19.3 Å². The van der Waals surface area contributed by atoms with Crippen molar-refractivity contribution in [2.75, 3.05) is 13.1 Å². The number of rotatable bonds is 6. The summed E-state index contributed by atoms with van der Waals surface area (Å²) < 4.78 is 0. The van der Waals surface area contributed by atoms with Gasteiger partial charge in [0.25, 0.3) is 0 Å². The van der Waals surface area contributed by atoms with E-state index in [9.17, 15) is 4.79 Å². The summed E-state index contributed by atoms with van der Waals surface area (Å²) in [4.78, 5) is 11.4. The van der Waals surface area contributed by atoms with Gasteiger partial charge in [0.1, 0.15) is 0 Å². The lowest BCUT2D eigenvalue weighted by molar-refractivity contribution is -0.121. The van der Waals surface area contributed by atoms with Crippen molar-refractivity contribution in [1.82, 2.24) is 5.32 Å². The van der Waals surface area contributed by atoms with Crippen LogP contribution >= 0.6 is 0 Å². The van der Waals surface area contributed by atoms with Gasteiger partial charge >= 0.3 is 0 Å². The van der Waals surface area contributed by atoms with Crippen LogP contribution in [0.5, 0.6) is 0 Å². The zero-order valence-electron chi connectivity index (χ0n) is 9.80. The number of nitrogens with one attached hydrogen (secondary N) is 1. The highest BCUT2D eigenvalue weighted by Crippen LogP contribution is 2.30. The Balaban J connectivity index is 2.15. The van der Waals surface area contributed by atoms with E-state index in [0.29, 0.717) is 18.3 Å². The molecule has 0 saturated heterocycles. The van der Waals surface area contributed by atoms with Crippen molar-refractivity contribution >= 4 is 5.91 Å². The third-order valence-corrected chi connectivity index (χ3v) is 3.44. The summed E-state index contributed by atoms with van der Waals surface area (Å²) in [5, 5.41) is 3.03. The molecule has 0 heterocycles. The van der Waals surface area contributed by atoms with Gasteiger partial charge in [-0.2, -0.15) is 0 Å². The monoisotopic (exact) mass is 212 g/mol. The number of nitrogens with two attached hydrogens (primary N) is 1. The molecular formula is C12H24N2O. The lowest BCUT2D eigenvalue weighted by Gasteiger charge is -2.18. The van der Waals surface area contributed by atoms with Crippen molar-refractivity contribution < 1.29 is 4.79 Å². The molecule has 1 rings (SSSR count). The number of carbonyl (C=O) groups excluding carboxylic acids is 1. The fraction of sp³-hybridized carbons (Fsp3) is 0.917. The topological polar surface area (TPSA) is 55.1 Å². The molecule has 3 N–H and O–H groups in total. The van der Waals surface area contributed by atoms with Crippen LogP contribution in [-0.4, -0.2) is 19.0 Å². The van der Waals surface area contributed by atoms with Crippen LogP contribution in [0.3, 0.4) is 0 Å². The van der Waals surface area contributed by atoms with Crippen molar-refractivity contribution in [3.8, 4) is 0 Å². The van der Waals surface area contributed by atoms with Crippen LogP contribution in [0.4, 0.5) is 0 Å². The molecule has 3 heteroatoms. The van der Waals surface area contributed by atoms with Gasteiger partial charge in [-0.05, 0) is 37.6 Å². The van der Waals surface area contributed by atoms with Crippen molar-refractivity contribution in [1.29, 1.82) is 0 Å². The van der Waals surface area contributed by atoms with Crippen LogP contribution in [0.2, 0.25) is 0 Å². The molecule has 0 radical (unpaired) electrons. The van der Waals surface area contributed by atoms with Crippen LogP contribution in [-0.2, 0) is 4.79 Å². The van der Waals surface area contributed by atoms with Gasteiger partial charge in [0, 0.05) is 13.0 Å². The summed E-state index contributed by atoms with van der Waals surface area (Å²) in [6.45, 7) is 3.72. The van der Waals surface area contributed by atoms with Gasteiger partial charge in [-0.25, -0.2) is 0 Å². The normalized spacial score (nSPS) is 25.5. The average molecular weight is 212 g/mol. The molecule has 1 aliphatic rings. The fourth-order valence-electron chi connectivity index (χ4n) is 2.36. The maximum atomic E-state index is 11.4. The smallest absolute Gasteiger partial charge is 0.220 e. The predicted molar refractivity (Wildman–Crippen MR) is 62.4 cm³/mol. The highest BCUT2D eigenvalue weighted by atomic mass is 16.1. The van der Waals surface area contributed by atoms with Crippen LogP contribution < -0.4 is 11.1 Å². The second kappa shape index (κ2) is 6.83. The lowest BCUT2D eigenvalue weighted by atomic mass is 9.96. The first kappa shape index (κ1) is 12.5. The molecule has 0 bridgehead atoms. The minimum atomic E-state index is 0.208. The van der Waals surface area contributed by atoms with Crippen LogP contribution in [0.15, 0.2) is 0 Å². The standard InChI is InChI=1S/C12H24N2O/c1-2-3-7-12(15)14-9-11-6-4-5-10(11)8-13/h10-11H,2-9,13H2,1H3,(H,14,15). The molecule has 0 aliphatic heterocycles. The summed E-state index contributed by atoms with van der Waals surface area (Å²) in [6, 6.07) is 0. The number of unbranched alkanes of at least 4 members (excludes halogenated alkanes) is 1. The van der Waals surface area contributed by atoms with Gasteiger partial charge in [-0.3, -0.25) is 4.79 Å². The van der Waals surface area contributed by atoms with E-state index in [1.807, 2.05) is 0 Å². The first-order chi connectivity index (χ1) is 7.27. The quantitative estimate of drug-likeness (QED) is 0.703. The van der Waals surface area contributed by atoms with E-state index in [0.717, 1.165) is 25.9 Å². The van der Waals surface area contributed by atoms with E-state index >= 15 is 0 Å². The van der Waals surface area contributed by atoms with E-state index in [-0.39, 0.29) is 5.91 Å². The Morgan fingerprint density at radius 1 is 1.40 bits per heavy atom. The van der Waals surface area contributed by atoms with Crippen LogP contribution in [0.1, 0.15) is 45.4 Å². The van der Waals surface area contributed by atoms with Crippen molar-refractivity contribution in [2.45, 2.75) is 45.4 Å². The van der Waals surface area contributed by atoms with Gasteiger partial charge in [0.2, 0.25) is 5.91 Å². The summed E-state index contributed by atoms with van der Waals surface area (Å²) in [7, 11) is 0. The second-order valence-electron chi connectivity index (χ2n) is 4.59. The number of hydrogen-bond acceptors (Lipinski definition) is 2. The van der Waals surface area contributed by atoms with E-state index in [4.69, 9.17) is 5.73 Å². The van der Waals surface area contributed by atoms with Crippen molar-refractivity contribution in [2.24, 2.45) is 17.6 Å². The third-order valence-electron chi connectivity index (χ3n) is 3.44. The Labute approximate surface area is 92.8 Å². The number of hydrogen-bond donors (Lipinski definition) is 2. The Hall–Kier alpha value is -0.570. The zero-order valence-corrected chi connectivity index (χ0v) is 9.80. The number of carbonyl (C=O) groups is 1. The molecule has 15 heavy (non-hydrogen) atoms. The van der Waals surface area contributed by atoms with Crippen LogP contribution in [0.25, 0.3) is 0 Å². The van der Waals surface area contributed by atoms with Gasteiger partial charge < -0.3 is 11.1 Å². The largest absolute Gasteiger partial charge is 0.356 e. The van der Waals surface area contributed by atoms with E-state index < -0.39 is 0 Å². The molecule has 88 valence electrons. The predicted octanol–water partition coefficient (Wildman–Crippen LogP) is 1.67. The third kappa shape index (κ3) is 4.20. The van der Waals surface area contributed by atoms with E-state index in [1.54, 1.807) is 0 Å². The maximum absolute atomic E-state index is 11.4. The van der Waals surface area contributed by atoms with E-state index in [2.05, 4.69) is 12.2 Å². The summed E-state index contributed by atoms with van der Waals surface area (Å²) in [5.74, 6) is 1.47. The Morgan fingerprint density at radius 3 is 2.80 bits per heavy atom. The molecule has 0 aromatic heterocycles. The fourth-order valence-corrected chi connectivity index (χ4v) is 2.36. The van der Waals surface area contributed by atoms with Crippen molar-refractivity contribution in [3.05, 3.63) is 0 Å². The SMILES string of the molecule is CCCCC(=O)NCC1CCCC1CN. The molecule has 3 nitrogen and oxygen atoms in total. The molecule has 1 amide bonds. The minimum absolute atomic E-state index is 0.208. The molecule has 1 saturated carbocycles. The lowest BCUT2D eigenvalue weighted by Crippen LogP contribution is -2.32. The maximum Gasteiger partial charge on any atom is 0.220 e. The highest BCUT2D eigenvalue weighted by Gasteiger charge is 2.25. The molecule has 0 aromatic rings. The molecular weight excluding hydrogens is 188 g/mol. The number of amides is 1. The summed E-state index contributed by atoms with van der Waals surface area (Å²) in [6.07, 6.45) is 6.51. The molecule has 0 spiro atoms.